The van der Waals surface area contributed by atoms with Gasteiger partial charge in [-0.3, -0.25) is 4.79 Å². The fourth-order valence-electron chi connectivity index (χ4n) is 4.56. The molecule has 23 heavy (non-hydrogen) atoms. The number of carbonyl (C=O) groups is 1. The van der Waals surface area contributed by atoms with Crippen LogP contribution in [0.5, 0.6) is 0 Å². The Labute approximate surface area is 140 Å². The molecule has 1 aliphatic heterocycles. The average Bonchev–Trinajstić information content (AvgIpc) is 2.35. The number of carbonyl (C=O) groups excluding carboxylic acids is 1. The number of amidine groups is 1. The van der Waals surface area contributed by atoms with Crippen LogP contribution in [-0.2, 0) is 4.79 Å². The maximum Gasteiger partial charge on any atom is 0.162 e. The molecule has 0 unspecified atom stereocenters. The summed E-state index contributed by atoms with van der Waals surface area (Å²) in [4.78, 5) is 17.7. The maximum atomic E-state index is 13.1. The normalized spacial score (nSPS) is 25.1. The highest BCUT2D eigenvalue weighted by Gasteiger charge is 2.49. The molecular formula is C19H31N3O. The highest BCUT2D eigenvalue weighted by molar-refractivity contribution is 6.08. The van der Waals surface area contributed by atoms with Crippen LogP contribution in [0.25, 0.3) is 0 Å². The number of nitrogens with two attached hydrogens (primary N) is 2. The predicted octanol–water partition coefficient (Wildman–Crippen LogP) is 3.82. The van der Waals surface area contributed by atoms with E-state index in [1.165, 1.54) is 0 Å². The van der Waals surface area contributed by atoms with Crippen LogP contribution in [0.15, 0.2) is 27.5 Å². The second-order valence-corrected chi connectivity index (χ2v) is 7.90. The summed E-state index contributed by atoms with van der Waals surface area (Å²) < 4.78 is 0. The molecule has 4 heteroatoms. The van der Waals surface area contributed by atoms with Gasteiger partial charge in [0.25, 0.3) is 0 Å². The number of nitrogens with zero attached hydrogens (tertiary/aromatic N) is 1. The molecule has 1 aliphatic carbocycles. The highest BCUT2D eigenvalue weighted by Crippen LogP contribution is 2.54. The SMILES string of the molecule is CCCC1(CCC)C2=C(CC(C)(C)CC2=O)N=C(N)/C1=C(/C)N. The fourth-order valence-corrected chi connectivity index (χ4v) is 4.56. The van der Waals surface area contributed by atoms with E-state index in [4.69, 9.17) is 11.5 Å². The maximum absolute atomic E-state index is 13.1. The number of hydrogen-bond donors (Lipinski definition) is 2. The van der Waals surface area contributed by atoms with E-state index < -0.39 is 0 Å². The lowest BCUT2D eigenvalue weighted by molar-refractivity contribution is -0.119. The van der Waals surface area contributed by atoms with E-state index in [0.29, 0.717) is 18.0 Å². The largest absolute Gasteiger partial charge is 0.402 e. The van der Waals surface area contributed by atoms with Crippen LogP contribution in [0, 0.1) is 10.8 Å². The minimum Gasteiger partial charge on any atom is -0.402 e. The number of hydrogen-bond acceptors (Lipinski definition) is 4. The second-order valence-electron chi connectivity index (χ2n) is 7.90. The van der Waals surface area contributed by atoms with Crippen molar-refractivity contribution in [1.82, 2.24) is 0 Å². The Bertz CT molecular complexity index is 598. The van der Waals surface area contributed by atoms with E-state index in [1.54, 1.807) is 0 Å². The van der Waals surface area contributed by atoms with Gasteiger partial charge in [-0.2, -0.15) is 0 Å². The Morgan fingerprint density at radius 3 is 2.22 bits per heavy atom. The molecule has 1 heterocycles. The topological polar surface area (TPSA) is 81.5 Å². The number of rotatable bonds is 4. The molecule has 0 radical (unpaired) electrons. The molecule has 0 aromatic rings. The molecular weight excluding hydrogens is 286 g/mol. The lowest BCUT2D eigenvalue weighted by Crippen LogP contribution is -2.44. The van der Waals surface area contributed by atoms with Crippen LogP contribution in [-0.4, -0.2) is 11.6 Å². The van der Waals surface area contributed by atoms with Gasteiger partial charge in [0.2, 0.25) is 0 Å². The molecule has 0 saturated heterocycles. The van der Waals surface area contributed by atoms with E-state index in [0.717, 1.165) is 48.9 Å². The molecule has 2 rings (SSSR count). The van der Waals surface area contributed by atoms with Crippen molar-refractivity contribution >= 4 is 11.6 Å². The molecule has 0 aromatic carbocycles. The first kappa shape index (κ1) is 17.8. The zero-order valence-electron chi connectivity index (χ0n) is 15.3. The summed E-state index contributed by atoms with van der Waals surface area (Å²) in [6.07, 6.45) is 5.14. The first-order chi connectivity index (χ1) is 10.7. The van der Waals surface area contributed by atoms with Crippen LogP contribution in [0.4, 0.5) is 0 Å². The van der Waals surface area contributed by atoms with E-state index in [1.807, 2.05) is 6.92 Å². The number of ketones is 1. The van der Waals surface area contributed by atoms with Crippen molar-refractivity contribution in [2.75, 3.05) is 0 Å². The molecule has 0 saturated carbocycles. The van der Waals surface area contributed by atoms with Gasteiger partial charge < -0.3 is 11.5 Å². The standard InChI is InChI=1S/C19H31N3O/c1-6-8-19(9-7-2)15(12(3)20)17(21)22-13-10-18(4,5)11-14(23)16(13)19/h6-11,20H2,1-5H3,(H2,21,22)/b15-12+. The van der Waals surface area contributed by atoms with Gasteiger partial charge in [0, 0.05) is 28.7 Å². The Hall–Kier alpha value is -1.58. The number of allylic oxidation sites excluding steroid dienone is 3. The Morgan fingerprint density at radius 1 is 1.17 bits per heavy atom. The summed E-state index contributed by atoms with van der Waals surface area (Å²) in [6.45, 7) is 10.4. The molecule has 0 bridgehead atoms. The number of aliphatic imine (C=N–C) groups is 1. The zero-order chi connectivity index (χ0) is 17.4. The highest BCUT2D eigenvalue weighted by atomic mass is 16.1. The van der Waals surface area contributed by atoms with Gasteiger partial charge >= 0.3 is 0 Å². The van der Waals surface area contributed by atoms with Gasteiger partial charge in [-0.1, -0.05) is 40.5 Å². The Morgan fingerprint density at radius 2 is 1.74 bits per heavy atom. The van der Waals surface area contributed by atoms with E-state index in [-0.39, 0.29) is 16.6 Å². The van der Waals surface area contributed by atoms with Crippen LogP contribution in [0.1, 0.15) is 73.1 Å². The van der Waals surface area contributed by atoms with E-state index >= 15 is 0 Å². The summed E-state index contributed by atoms with van der Waals surface area (Å²) in [6, 6.07) is 0. The fraction of sp³-hybridized carbons (Fsp3) is 0.684. The third kappa shape index (κ3) is 2.96. The molecule has 4 nitrogen and oxygen atoms in total. The molecule has 2 aliphatic rings. The van der Waals surface area contributed by atoms with Crippen molar-refractivity contribution < 1.29 is 4.79 Å². The van der Waals surface area contributed by atoms with Gasteiger partial charge in [0.05, 0.1) is 5.70 Å². The lowest BCUT2D eigenvalue weighted by atomic mass is 9.59. The quantitative estimate of drug-likeness (QED) is 0.827. The van der Waals surface area contributed by atoms with Crippen LogP contribution in [0.3, 0.4) is 0 Å². The average molecular weight is 317 g/mol. The van der Waals surface area contributed by atoms with Crippen LogP contribution >= 0.6 is 0 Å². The van der Waals surface area contributed by atoms with Crippen molar-refractivity contribution in [2.45, 2.75) is 73.1 Å². The number of Topliss-reactive ketones (excluding diaryl/α,β-unsaturated/α-hetero) is 1. The molecule has 0 fully saturated rings. The van der Waals surface area contributed by atoms with Crippen molar-refractivity contribution in [3.63, 3.8) is 0 Å². The molecule has 0 spiro atoms. The first-order valence-electron chi connectivity index (χ1n) is 8.76. The molecule has 0 amide bonds. The van der Waals surface area contributed by atoms with Gasteiger partial charge in [-0.05, 0) is 31.6 Å². The van der Waals surface area contributed by atoms with Crippen LogP contribution in [0.2, 0.25) is 0 Å². The van der Waals surface area contributed by atoms with Gasteiger partial charge in [-0.15, -0.1) is 0 Å². The molecule has 4 N–H and O–H groups in total. The third-order valence-electron chi connectivity index (χ3n) is 5.07. The van der Waals surface area contributed by atoms with E-state index in [2.05, 4.69) is 32.7 Å². The lowest BCUT2D eigenvalue weighted by Gasteiger charge is -2.45. The van der Waals surface area contributed by atoms with Crippen molar-refractivity contribution in [1.29, 1.82) is 0 Å². The van der Waals surface area contributed by atoms with Gasteiger partial charge in [-0.25, -0.2) is 4.99 Å². The summed E-state index contributed by atoms with van der Waals surface area (Å²) >= 11 is 0. The zero-order valence-corrected chi connectivity index (χ0v) is 15.3. The Kier molecular flexibility index (Phi) is 4.74. The predicted molar refractivity (Wildman–Crippen MR) is 95.8 cm³/mol. The summed E-state index contributed by atoms with van der Waals surface area (Å²) in [7, 11) is 0. The Balaban J connectivity index is 2.76. The molecule has 128 valence electrons. The summed E-state index contributed by atoms with van der Waals surface area (Å²) in [5.74, 6) is 0.740. The van der Waals surface area contributed by atoms with Gasteiger partial charge in [0.15, 0.2) is 5.78 Å². The first-order valence-corrected chi connectivity index (χ1v) is 8.76. The minimum atomic E-state index is -0.350. The van der Waals surface area contributed by atoms with Gasteiger partial charge in [0.1, 0.15) is 5.84 Å². The van der Waals surface area contributed by atoms with Crippen LogP contribution < -0.4 is 11.5 Å². The van der Waals surface area contributed by atoms with Crippen molar-refractivity contribution in [3.05, 3.63) is 22.5 Å². The smallest absolute Gasteiger partial charge is 0.162 e. The second kappa shape index (κ2) is 6.14. The summed E-state index contributed by atoms with van der Waals surface area (Å²) in [5, 5.41) is 0. The monoisotopic (exact) mass is 317 g/mol. The van der Waals surface area contributed by atoms with E-state index in [9.17, 15) is 4.79 Å². The molecule has 0 aromatic heterocycles. The third-order valence-corrected chi connectivity index (χ3v) is 5.07. The molecule has 0 atom stereocenters. The summed E-state index contributed by atoms with van der Waals surface area (Å²) in [5.41, 5.74) is 15.5. The van der Waals surface area contributed by atoms with Crippen molar-refractivity contribution in [2.24, 2.45) is 27.3 Å². The minimum absolute atomic E-state index is 0.0527. The van der Waals surface area contributed by atoms with Crippen molar-refractivity contribution in [3.8, 4) is 0 Å².